The van der Waals surface area contributed by atoms with Crippen molar-refractivity contribution in [3.63, 3.8) is 0 Å². The molecule has 1 aliphatic heterocycles. The van der Waals surface area contributed by atoms with E-state index in [1.54, 1.807) is 6.08 Å². The Balaban J connectivity index is 1.62. The van der Waals surface area contributed by atoms with Crippen molar-refractivity contribution in [1.82, 2.24) is 4.90 Å². The maximum atomic E-state index is 12.8. The van der Waals surface area contributed by atoms with E-state index in [1.807, 2.05) is 73.7 Å². The smallest absolute Gasteiger partial charge is 0.411 e. The molecule has 5 heteroatoms. The summed E-state index contributed by atoms with van der Waals surface area (Å²) in [4.78, 5) is 26.9. The van der Waals surface area contributed by atoms with Crippen LogP contribution in [0, 0.1) is 0 Å². The lowest BCUT2D eigenvalue weighted by Crippen LogP contribution is -2.47. The van der Waals surface area contributed by atoms with E-state index in [9.17, 15) is 9.59 Å². The van der Waals surface area contributed by atoms with Gasteiger partial charge in [0.1, 0.15) is 12.6 Å². The van der Waals surface area contributed by atoms with Gasteiger partial charge in [0.15, 0.2) is 5.78 Å². The van der Waals surface area contributed by atoms with Crippen molar-refractivity contribution in [1.29, 1.82) is 0 Å². The van der Waals surface area contributed by atoms with Gasteiger partial charge in [0.05, 0.1) is 19.3 Å². The third-order valence-electron chi connectivity index (χ3n) is 4.81. The number of carbonyl (C=O) groups excluding carboxylic acids is 2. The van der Waals surface area contributed by atoms with Crippen molar-refractivity contribution in [2.75, 3.05) is 6.61 Å². The number of hydrogen-bond donors (Lipinski definition) is 0. The number of carbonyl (C=O) groups is 2. The van der Waals surface area contributed by atoms with Crippen LogP contribution >= 0.6 is 0 Å². The summed E-state index contributed by atoms with van der Waals surface area (Å²) in [5.74, 6) is 0.0194. The molecule has 2 aromatic rings. The van der Waals surface area contributed by atoms with Crippen molar-refractivity contribution >= 4 is 11.9 Å². The average Bonchev–Trinajstić information content (AvgIpc) is 3.18. The summed E-state index contributed by atoms with van der Waals surface area (Å²) >= 11 is 0. The van der Waals surface area contributed by atoms with E-state index in [1.165, 1.54) is 4.90 Å². The Morgan fingerprint density at radius 2 is 1.52 bits per heavy atom. The van der Waals surface area contributed by atoms with Gasteiger partial charge in [-0.1, -0.05) is 79.7 Å². The van der Waals surface area contributed by atoms with Crippen LogP contribution in [0.3, 0.4) is 0 Å². The van der Waals surface area contributed by atoms with Crippen LogP contribution in [0.4, 0.5) is 4.79 Å². The number of amides is 1. The first-order valence-corrected chi connectivity index (χ1v) is 10.0. The summed E-state index contributed by atoms with van der Waals surface area (Å²) in [6.45, 7) is 2.88. The van der Waals surface area contributed by atoms with Crippen molar-refractivity contribution < 1.29 is 19.1 Å². The van der Waals surface area contributed by atoms with Crippen molar-refractivity contribution in [2.45, 2.75) is 45.1 Å². The first-order chi connectivity index (χ1) is 14.2. The molecular formula is C24H27NO4. The summed E-state index contributed by atoms with van der Waals surface area (Å²) in [6, 6.07) is 18.4. The lowest BCUT2D eigenvalue weighted by atomic mass is 10.1. The zero-order valence-electron chi connectivity index (χ0n) is 16.7. The summed E-state index contributed by atoms with van der Waals surface area (Å²) in [7, 11) is 0. The Hall–Kier alpha value is -2.92. The number of nitrogens with zero attached hydrogens (tertiary/aromatic N) is 1. The second-order valence-electron chi connectivity index (χ2n) is 7.06. The van der Waals surface area contributed by atoms with Crippen LogP contribution in [0.25, 0.3) is 0 Å². The zero-order valence-corrected chi connectivity index (χ0v) is 16.7. The lowest BCUT2D eigenvalue weighted by Gasteiger charge is -2.29. The highest BCUT2D eigenvalue weighted by atomic mass is 16.6. The van der Waals surface area contributed by atoms with Crippen molar-refractivity contribution in [2.24, 2.45) is 0 Å². The van der Waals surface area contributed by atoms with Crippen LogP contribution in [-0.4, -0.2) is 35.5 Å². The van der Waals surface area contributed by atoms with Gasteiger partial charge in [-0.25, -0.2) is 4.79 Å². The monoisotopic (exact) mass is 393 g/mol. The molecule has 29 heavy (non-hydrogen) atoms. The maximum absolute atomic E-state index is 12.8. The van der Waals surface area contributed by atoms with E-state index in [-0.39, 0.29) is 18.4 Å². The SMILES string of the molecule is CCCC(=O)[C@H]1C=C[C@H](COCc2ccccc2)N1C(=O)OCc1ccccc1. The Morgan fingerprint density at radius 3 is 2.14 bits per heavy atom. The fraction of sp³-hybridized carbons (Fsp3) is 0.333. The molecule has 0 aliphatic carbocycles. The van der Waals surface area contributed by atoms with E-state index in [2.05, 4.69) is 0 Å². The molecule has 5 nitrogen and oxygen atoms in total. The zero-order chi connectivity index (χ0) is 20.5. The molecule has 0 unspecified atom stereocenters. The predicted molar refractivity (Wildman–Crippen MR) is 111 cm³/mol. The number of ether oxygens (including phenoxy) is 2. The summed E-state index contributed by atoms with van der Waals surface area (Å²) < 4.78 is 11.3. The van der Waals surface area contributed by atoms with Gasteiger partial charge in [-0.3, -0.25) is 9.69 Å². The minimum atomic E-state index is -0.594. The number of benzene rings is 2. The van der Waals surface area contributed by atoms with Crippen molar-refractivity contribution in [3.05, 3.63) is 83.9 Å². The Bertz CT molecular complexity index is 819. The molecule has 0 spiro atoms. The van der Waals surface area contributed by atoms with Gasteiger partial charge in [-0.2, -0.15) is 0 Å². The minimum absolute atomic E-state index is 0.0194. The van der Waals surface area contributed by atoms with Crippen molar-refractivity contribution in [3.8, 4) is 0 Å². The summed E-state index contributed by atoms with van der Waals surface area (Å²) in [6.07, 6.45) is 4.33. The minimum Gasteiger partial charge on any atom is -0.445 e. The normalized spacial score (nSPS) is 18.0. The molecule has 0 N–H and O–H groups in total. The Morgan fingerprint density at radius 1 is 0.897 bits per heavy atom. The molecule has 0 bridgehead atoms. The van der Waals surface area contributed by atoms with Crippen LogP contribution < -0.4 is 0 Å². The second kappa shape index (κ2) is 10.6. The Kier molecular flexibility index (Phi) is 7.59. The molecule has 0 radical (unpaired) electrons. The number of ketones is 1. The quantitative estimate of drug-likeness (QED) is 0.588. The van der Waals surface area contributed by atoms with E-state index >= 15 is 0 Å². The first-order valence-electron chi connectivity index (χ1n) is 10.0. The molecule has 152 valence electrons. The summed E-state index contributed by atoms with van der Waals surface area (Å²) in [5.41, 5.74) is 1.97. The van der Waals surface area contributed by atoms with Gasteiger partial charge < -0.3 is 9.47 Å². The van der Waals surface area contributed by atoms with E-state index in [0.717, 1.165) is 17.5 Å². The molecule has 0 fully saturated rings. The number of rotatable bonds is 9. The number of hydrogen-bond acceptors (Lipinski definition) is 4. The van der Waals surface area contributed by atoms with Crippen LogP contribution in [0.5, 0.6) is 0 Å². The van der Waals surface area contributed by atoms with E-state index in [0.29, 0.717) is 19.6 Å². The van der Waals surface area contributed by atoms with Crippen LogP contribution in [0.1, 0.15) is 30.9 Å². The number of Topliss-reactive ketones (excluding diaryl/α,β-unsaturated/α-hetero) is 1. The molecule has 1 heterocycles. The van der Waals surface area contributed by atoms with Gasteiger partial charge in [0, 0.05) is 6.42 Å². The largest absolute Gasteiger partial charge is 0.445 e. The average molecular weight is 393 g/mol. The standard InChI is InChI=1S/C24H27NO4/c1-2-9-23(26)22-15-14-21(18-28-16-19-10-5-3-6-11-19)25(22)24(27)29-17-20-12-7-4-8-13-20/h3-8,10-15,21-22H,2,9,16-18H2,1H3/t21-,22-/m1/s1. The molecule has 1 aliphatic rings. The first kappa shape index (κ1) is 20.8. The van der Waals surface area contributed by atoms with Gasteiger partial charge in [-0.15, -0.1) is 0 Å². The van der Waals surface area contributed by atoms with E-state index in [4.69, 9.17) is 9.47 Å². The molecule has 2 atom stereocenters. The molecule has 0 saturated carbocycles. The van der Waals surface area contributed by atoms with Gasteiger partial charge >= 0.3 is 6.09 Å². The van der Waals surface area contributed by atoms with Crippen LogP contribution in [0.15, 0.2) is 72.8 Å². The highest BCUT2D eigenvalue weighted by molar-refractivity contribution is 5.90. The van der Waals surface area contributed by atoms with Gasteiger partial charge in [-0.05, 0) is 17.5 Å². The van der Waals surface area contributed by atoms with Gasteiger partial charge in [0.25, 0.3) is 0 Å². The predicted octanol–water partition coefficient (Wildman–Crippen LogP) is 4.52. The lowest BCUT2D eigenvalue weighted by molar-refractivity contribution is -0.122. The fourth-order valence-corrected chi connectivity index (χ4v) is 3.33. The highest BCUT2D eigenvalue weighted by Crippen LogP contribution is 2.22. The highest BCUT2D eigenvalue weighted by Gasteiger charge is 2.37. The molecule has 2 aromatic carbocycles. The van der Waals surface area contributed by atoms with Gasteiger partial charge in [0.2, 0.25) is 0 Å². The molecule has 3 rings (SSSR count). The van der Waals surface area contributed by atoms with E-state index < -0.39 is 12.1 Å². The molecular weight excluding hydrogens is 366 g/mol. The molecule has 0 aromatic heterocycles. The maximum Gasteiger partial charge on any atom is 0.411 e. The van der Waals surface area contributed by atoms with Crippen LogP contribution in [0.2, 0.25) is 0 Å². The molecule has 0 saturated heterocycles. The third-order valence-corrected chi connectivity index (χ3v) is 4.81. The van der Waals surface area contributed by atoms with Crippen LogP contribution in [-0.2, 0) is 27.5 Å². The second-order valence-corrected chi connectivity index (χ2v) is 7.06. The third kappa shape index (κ3) is 5.78. The molecule has 1 amide bonds. The Labute approximate surface area is 171 Å². The topological polar surface area (TPSA) is 55.8 Å². The summed E-state index contributed by atoms with van der Waals surface area (Å²) in [5, 5.41) is 0. The fourth-order valence-electron chi connectivity index (χ4n) is 3.33.